The summed E-state index contributed by atoms with van der Waals surface area (Å²) < 4.78 is 5.72. The molecule has 9 heteroatoms. The molecule has 0 aliphatic rings. The number of carbonyl (C=O) groups excluding carboxylic acids is 2. The molecule has 0 unspecified atom stereocenters. The topological polar surface area (TPSA) is 123 Å². The number of benzene rings is 3. The van der Waals surface area contributed by atoms with Crippen LogP contribution in [0.1, 0.15) is 28.4 Å². The van der Waals surface area contributed by atoms with E-state index in [1.807, 2.05) is 0 Å². The van der Waals surface area contributed by atoms with Crippen molar-refractivity contribution < 1.29 is 19.2 Å². The lowest BCUT2D eigenvalue weighted by atomic mass is 10.2. The standard InChI is InChI=1S/C23H20N4O5/c1-16(28)25-20-9-7-19(8-10-20)23(29)26-24-14-18-3-2-4-22(13-18)32-15-17-5-11-21(12-6-17)27(30)31/h2-14H,15H2,1H3,(H,25,28)(H,26,29)/b24-14-. The Bertz CT molecular complexity index is 1140. The van der Waals surface area contributed by atoms with Crippen LogP contribution in [0.5, 0.6) is 5.75 Å². The molecule has 0 fully saturated rings. The van der Waals surface area contributed by atoms with Gasteiger partial charge in [-0.2, -0.15) is 5.10 Å². The second kappa shape index (κ2) is 10.5. The van der Waals surface area contributed by atoms with Crippen molar-refractivity contribution in [1.82, 2.24) is 5.43 Å². The summed E-state index contributed by atoms with van der Waals surface area (Å²) in [5.74, 6) is 0.0131. The van der Waals surface area contributed by atoms with Gasteiger partial charge in [-0.3, -0.25) is 19.7 Å². The first-order valence-corrected chi connectivity index (χ1v) is 9.58. The highest BCUT2D eigenvalue weighted by Gasteiger charge is 2.06. The monoisotopic (exact) mass is 432 g/mol. The van der Waals surface area contributed by atoms with Gasteiger partial charge in [0, 0.05) is 30.3 Å². The van der Waals surface area contributed by atoms with Crippen molar-refractivity contribution in [3.05, 3.63) is 99.6 Å². The molecule has 0 radical (unpaired) electrons. The van der Waals surface area contributed by atoms with Crippen LogP contribution in [0.15, 0.2) is 77.9 Å². The van der Waals surface area contributed by atoms with Gasteiger partial charge >= 0.3 is 0 Å². The van der Waals surface area contributed by atoms with E-state index in [9.17, 15) is 19.7 Å². The minimum atomic E-state index is -0.451. The molecule has 0 spiro atoms. The number of nitrogens with zero attached hydrogens (tertiary/aromatic N) is 2. The Labute approximate surface area is 183 Å². The summed E-state index contributed by atoms with van der Waals surface area (Å²) in [6.07, 6.45) is 1.49. The Hall–Kier alpha value is -4.53. The minimum absolute atomic E-state index is 0.0256. The zero-order valence-electron chi connectivity index (χ0n) is 17.1. The van der Waals surface area contributed by atoms with Gasteiger partial charge in [-0.15, -0.1) is 0 Å². The lowest BCUT2D eigenvalue weighted by molar-refractivity contribution is -0.384. The number of hydrazone groups is 1. The molecule has 0 saturated heterocycles. The van der Waals surface area contributed by atoms with Crippen LogP contribution in [0.2, 0.25) is 0 Å². The minimum Gasteiger partial charge on any atom is -0.489 e. The maximum atomic E-state index is 12.2. The third-order valence-electron chi connectivity index (χ3n) is 4.26. The SMILES string of the molecule is CC(=O)Nc1ccc(C(=O)N/N=C\c2cccc(OCc3ccc([N+](=O)[O-])cc3)c2)cc1. The van der Waals surface area contributed by atoms with Gasteiger partial charge in [0.15, 0.2) is 0 Å². The van der Waals surface area contributed by atoms with Crippen LogP contribution in [-0.2, 0) is 11.4 Å². The molecule has 9 nitrogen and oxygen atoms in total. The van der Waals surface area contributed by atoms with E-state index < -0.39 is 4.92 Å². The molecule has 2 amide bonds. The van der Waals surface area contributed by atoms with Crippen LogP contribution in [0.25, 0.3) is 0 Å². The van der Waals surface area contributed by atoms with Gasteiger partial charge in [0.25, 0.3) is 11.6 Å². The first kappa shape index (κ1) is 22.2. The van der Waals surface area contributed by atoms with Gasteiger partial charge in [-0.1, -0.05) is 12.1 Å². The van der Waals surface area contributed by atoms with Crippen LogP contribution >= 0.6 is 0 Å². The van der Waals surface area contributed by atoms with Gasteiger partial charge in [0.05, 0.1) is 11.1 Å². The molecule has 0 heterocycles. The number of rotatable bonds is 8. The lowest BCUT2D eigenvalue weighted by Gasteiger charge is -2.07. The molecule has 3 aromatic carbocycles. The van der Waals surface area contributed by atoms with E-state index in [0.29, 0.717) is 22.6 Å². The summed E-state index contributed by atoms with van der Waals surface area (Å²) >= 11 is 0. The largest absolute Gasteiger partial charge is 0.489 e. The molecule has 0 bridgehead atoms. The molecule has 0 aliphatic carbocycles. The predicted octanol–water partition coefficient (Wildman–Crippen LogP) is 3.90. The van der Waals surface area contributed by atoms with Gasteiger partial charge in [0.1, 0.15) is 12.4 Å². The highest BCUT2D eigenvalue weighted by molar-refractivity contribution is 5.96. The maximum Gasteiger partial charge on any atom is 0.271 e. The summed E-state index contributed by atoms with van der Waals surface area (Å²) in [5, 5.41) is 17.3. The number of amides is 2. The summed E-state index contributed by atoms with van der Waals surface area (Å²) in [4.78, 5) is 33.5. The predicted molar refractivity (Wildman–Crippen MR) is 120 cm³/mol. The summed E-state index contributed by atoms with van der Waals surface area (Å²) in [6, 6.07) is 19.7. The Morgan fingerprint density at radius 2 is 1.78 bits per heavy atom. The molecule has 0 aliphatic heterocycles. The molecule has 3 rings (SSSR count). The van der Waals surface area contributed by atoms with Crippen LogP contribution in [-0.4, -0.2) is 23.0 Å². The average molecular weight is 432 g/mol. The van der Waals surface area contributed by atoms with E-state index in [-0.39, 0.29) is 24.1 Å². The van der Waals surface area contributed by atoms with E-state index in [1.165, 1.54) is 25.3 Å². The number of hydrogen-bond acceptors (Lipinski definition) is 6. The van der Waals surface area contributed by atoms with Gasteiger partial charge in [0.2, 0.25) is 5.91 Å². The zero-order valence-corrected chi connectivity index (χ0v) is 17.1. The van der Waals surface area contributed by atoms with E-state index >= 15 is 0 Å². The first-order valence-electron chi connectivity index (χ1n) is 9.58. The molecule has 2 N–H and O–H groups in total. The summed E-state index contributed by atoms with van der Waals surface area (Å²) in [5.41, 5.74) is 4.98. The molecule has 162 valence electrons. The van der Waals surface area contributed by atoms with Crippen molar-refractivity contribution in [3.63, 3.8) is 0 Å². The smallest absolute Gasteiger partial charge is 0.271 e. The Kier molecular flexibility index (Phi) is 7.26. The van der Waals surface area contributed by atoms with Crippen LogP contribution in [0.3, 0.4) is 0 Å². The first-order chi connectivity index (χ1) is 15.4. The number of non-ortho nitro benzene ring substituents is 1. The fourth-order valence-electron chi connectivity index (χ4n) is 2.70. The molecular formula is C23H20N4O5. The molecule has 0 saturated carbocycles. The quantitative estimate of drug-likeness (QED) is 0.317. The van der Waals surface area contributed by atoms with E-state index in [2.05, 4.69) is 15.8 Å². The number of nitro benzene ring substituents is 1. The average Bonchev–Trinajstić information content (AvgIpc) is 2.78. The van der Waals surface area contributed by atoms with E-state index in [4.69, 9.17) is 4.74 Å². The van der Waals surface area contributed by atoms with Crippen LogP contribution in [0, 0.1) is 10.1 Å². The third-order valence-corrected chi connectivity index (χ3v) is 4.26. The number of nitro groups is 1. The Balaban J connectivity index is 1.54. The summed E-state index contributed by atoms with van der Waals surface area (Å²) in [7, 11) is 0. The molecule has 0 atom stereocenters. The highest BCUT2D eigenvalue weighted by Crippen LogP contribution is 2.16. The molecule has 32 heavy (non-hydrogen) atoms. The fourth-order valence-corrected chi connectivity index (χ4v) is 2.70. The van der Waals surface area contributed by atoms with Crippen LogP contribution in [0.4, 0.5) is 11.4 Å². The van der Waals surface area contributed by atoms with Crippen molar-refractivity contribution in [2.24, 2.45) is 5.10 Å². The number of anilines is 1. The van der Waals surface area contributed by atoms with Crippen molar-refractivity contribution >= 4 is 29.4 Å². The van der Waals surface area contributed by atoms with E-state index in [0.717, 1.165) is 5.56 Å². The highest BCUT2D eigenvalue weighted by atomic mass is 16.6. The fraction of sp³-hybridized carbons (Fsp3) is 0.0870. The summed E-state index contributed by atoms with van der Waals surface area (Å²) in [6.45, 7) is 1.66. The number of ether oxygens (including phenoxy) is 1. The normalized spacial score (nSPS) is 10.5. The lowest BCUT2D eigenvalue weighted by Crippen LogP contribution is -2.17. The Morgan fingerprint density at radius 3 is 2.44 bits per heavy atom. The second-order valence-electron chi connectivity index (χ2n) is 6.74. The van der Waals surface area contributed by atoms with Crippen molar-refractivity contribution in [1.29, 1.82) is 0 Å². The maximum absolute atomic E-state index is 12.2. The third kappa shape index (κ3) is 6.49. The number of hydrogen-bond donors (Lipinski definition) is 2. The second-order valence-corrected chi connectivity index (χ2v) is 6.74. The molecule has 3 aromatic rings. The number of nitrogens with one attached hydrogen (secondary N) is 2. The molecule has 0 aromatic heterocycles. The number of carbonyl (C=O) groups is 2. The van der Waals surface area contributed by atoms with Crippen molar-refractivity contribution in [2.45, 2.75) is 13.5 Å². The van der Waals surface area contributed by atoms with Gasteiger partial charge in [-0.25, -0.2) is 5.43 Å². The Morgan fingerprint density at radius 1 is 1.06 bits per heavy atom. The van der Waals surface area contributed by atoms with Crippen molar-refractivity contribution in [3.8, 4) is 5.75 Å². The van der Waals surface area contributed by atoms with Crippen molar-refractivity contribution in [2.75, 3.05) is 5.32 Å². The molecular weight excluding hydrogens is 412 g/mol. The zero-order chi connectivity index (χ0) is 22.9. The van der Waals surface area contributed by atoms with Gasteiger partial charge < -0.3 is 10.1 Å². The van der Waals surface area contributed by atoms with Crippen LogP contribution < -0.4 is 15.5 Å². The van der Waals surface area contributed by atoms with E-state index in [1.54, 1.807) is 60.7 Å². The van der Waals surface area contributed by atoms with Gasteiger partial charge in [-0.05, 0) is 59.7 Å².